The SMILES string of the molecule is CNC(CC(C)C)C(=O)N(Cc1ccc(C(F)(F)F)nc1)c1ccc(F)cc1. The van der Waals surface area contributed by atoms with Gasteiger partial charge in [-0.3, -0.25) is 9.78 Å². The van der Waals surface area contributed by atoms with Crippen molar-refractivity contribution in [2.24, 2.45) is 5.92 Å². The number of nitrogens with zero attached hydrogens (tertiary/aromatic N) is 2. The van der Waals surface area contributed by atoms with E-state index in [1.54, 1.807) is 7.05 Å². The molecule has 0 spiro atoms. The zero-order chi connectivity index (χ0) is 20.9. The highest BCUT2D eigenvalue weighted by Gasteiger charge is 2.32. The highest BCUT2D eigenvalue weighted by atomic mass is 19.4. The average molecular weight is 397 g/mol. The van der Waals surface area contributed by atoms with Gasteiger partial charge in [-0.05, 0) is 55.3 Å². The molecule has 4 nitrogen and oxygen atoms in total. The molecule has 1 aromatic carbocycles. The predicted molar refractivity (Wildman–Crippen MR) is 99.1 cm³/mol. The fourth-order valence-electron chi connectivity index (χ4n) is 2.79. The standard InChI is InChI=1S/C20H23F4N3O/c1-13(2)10-17(25-3)19(28)27(16-7-5-15(21)6-8-16)12-14-4-9-18(26-11-14)20(22,23)24/h4-9,11,13,17,25H,10,12H2,1-3H3. The van der Waals surface area contributed by atoms with Crippen molar-refractivity contribution in [1.29, 1.82) is 0 Å². The first-order valence-corrected chi connectivity index (χ1v) is 8.88. The summed E-state index contributed by atoms with van der Waals surface area (Å²) in [4.78, 5) is 18.0. The van der Waals surface area contributed by atoms with E-state index in [1.165, 1.54) is 35.2 Å². The lowest BCUT2D eigenvalue weighted by Gasteiger charge is -2.28. The summed E-state index contributed by atoms with van der Waals surface area (Å²) in [7, 11) is 1.67. The Morgan fingerprint density at radius 2 is 1.79 bits per heavy atom. The van der Waals surface area contributed by atoms with Crippen LogP contribution in [0.3, 0.4) is 0 Å². The van der Waals surface area contributed by atoms with Gasteiger partial charge in [-0.1, -0.05) is 19.9 Å². The molecule has 2 aromatic rings. The van der Waals surface area contributed by atoms with E-state index in [2.05, 4.69) is 10.3 Å². The number of nitrogens with one attached hydrogen (secondary N) is 1. The molecule has 0 saturated carbocycles. The van der Waals surface area contributed by atoms with Crippen LogP contribution >= 0.6 is 0 Å². The molecule has 1 heterocycles. The number of hydrogen-bond donors (Lipinski definition) is 1. The van der Waals surface area contributed by atoms with Gasteiger partial charge in [-0.2, -0.15) is 13.2 Å². The summed E-state index contributed by atoms with van der Waals surface area (Å²) in [5.74, 6) is -0.438. The molecule has 152 valence electrons. The van der Waals surface area contributed by atoms with Gasteiger partial charge in [-0.15, -0.1) is 0 Å². The van der Waals surface area contributed by atoms with Gasteiger partial charge in [0.25, 0.3) is 0 Å². The second kappa shape index (κ2) is 9.14. The molecule has 28 heavy (non-hydrogen) atoms. The third kappa shape index (κ3) is 5.76. The molecule has 8 heteroatoms. The number of rotatable bonds is 7. The number of alkyl halides is 3. The van der Waals surface area contributed by atoms with Gasteiger partial charge in [0.2, 0.25) is 5.91 Å². The number of amides is 1. The summed E-state index contributed by atoms with van der Waals surface area (Å²) in [5.41, 5.74) is -0.107. The summed E-state index contributed by atoms with van der Waals surface area (Å²) < 4.78 is 51.4. The summed E-state index contributed by atoms with van der Waals surface area (Å²) in [6.07, 6.45) is -2.85. The molecule has 0 aliphatic rings. The van der Waals surface area contributed by atoms with Crippen molar-refractivity contribution in [3.8, 4) is 0 Å². The van der Waals surface area contributed by atoms with E-state index in [0.717, 1.165) is 12.3 Å². The molecule has 1 atom stereocenters. The lowest BCUT2D eigenvalue weighted by Crippen LogP contribution is -2.46. The lowest BCUT2D eigenvalue weighted by molar-refractivity contribution is -0.141. The van der Waals surface area contributed by atoms with Crippen molar-refractivity contribution in [1.82, 2.24) is 10.3 Å². The van der Waals surface area contributed by atoms with E-state index >= 15 is 0 Å². The number of halogens is 4. The van der Waals surface area contributed by atoms with Crippen molar-refractivity contribution in [2.45, 2.75) is 39.0 Å². The zero-order valence-corrected chi connectivity index (χ0v) is 15.9. The number of carbonyl (C=O) groups is 1. The number of likely N-dealkylation sites (N-methyl/N-ethyl adjacent to an activating group) is 1. The second-order valence-electron chi connectivity index (χ2n) is 6.92. The predicted octanol–water partition coefficient (Wildman–Crippen LogP) is 4.41. The summed E-state index contributed by atoms with van der Waals surface area (Å²) >= 11 is 0. The van der Waals surface area contributed by atoms with Crippen molar-refractivity contribution >= 4 is 11.6 Å². The normalized spacial score (nSPS) is 12.9. The van der Waals surface area contributed by atoms with Gasteiger partial charge in [-0.25, -0.2) is 4.39 Å². The van der Waals surface area contributed by atoms with Crippen LogP contribution in [0.4, 0.5) is 23.2 Å². The summed E-state index contributed by atoms with van der Waals surface area (Å²) in [6, 6.07) is 7.09. The van der Waals surface area contributed by atoms with Crippen LogP contribution in [0.1, 0.15) is 31.5 Å². The number of benzene rings is 1. The zero-order valence-electron chi connectivity index (χ0n) is 15.9. The van der Waals surface area contributed by atoms with Crippen LogP contribution in [0.15, 0.2) is 42.6 Å². The molecule has 0 aliphatic heterocycles. The molecule has 0 radical (unpaired) electrons. The smallest absolute Gasteiger partial charge is 0.309 e. The van der Waals surface area contributed by atoms with E-state index in [0.29, 0.717) is 17.7 Å². The number of anilines is 1. The van der Waals surface area contributed by atoms with E-state index < -0.39 is 23.7 Å². The number of carbonyl (C=O) groups excluding carboxylic acids is 1. The van der Waals surface area contributed by atoms with E-state index in [1.807, 2.05) is 13.8 Å². The minimum absolute atomic E-state index is 0.0197. The molecular weight excluding hydrogens is 374 g/mol. The Balaban J connectivity index is 2.33. The van der Waals surface area contributed by atoms with E-state index in [9.17, 15) is 22.4 Å². The van der Waals surface area contributed by atoms with E-state index in [4.69, 9.17) is 0 Å². The Labute approximate surface area is 161 Å². The minimum Gasteiger partial charge on any atom is -0.309 e. The number of pyridine rings is 1. The fraction of sp³-hybridized carbons (Fsp3) is 0.400. The maximum Gasteiger partial charge on any atom is 0.433 e. The van der Waals surface area contributed by atoms with Crippen LogP contribution in [0.25, 0.3) is 0 Å². The Hall–Kier alpha value is -2.48. The molecule has 0 bridgehead atoms. The molecule has 1 unspecified atom stereocenters. The minimum atomic E-state index is -4.53. The van der Waals surface area contributed by atoms with Crippen molar-refractivity contribution in [3.05, 3.63) is 59.7 Å². The first-order chi connectivity index (χ1) is 13.1. The molecule has 1 amide bonds. The van der Waals surface area contributed by atoms with Crippen LogP contribution in [0.2, 0.25) is 0 Å². The van der Waals surface area contributed by atoms with Gasteiger partial charge < -0.3 is 10.2 Å². The molecule has 0 saturated heterocycles. The third-order valence-electron chi connectivity index (χ3n) is 4.21. The molecule has 0 fully saturated rings. The van der Waals surface area contributed by atoms with Crippen LogP contribution in [0.5, 0.6) is 0 Å². The van der Waals surface area contributed by atoms with Gasteiger partial charge in [0.1, 0.15) is 11.5 Å². The number of hydrogen-bond acceptors (Lipinski definition) is 3. The van der Waals surface area contributed by atoms with Gasteiger partial charge >= 0.3 is 6.18 Å². The van der Waals surface area contributed by atoms with Crippen molar-refractivity contribution in [2.75, 3.05) is 11.9 Å². The maximum atomic E-state index is 13.3. The first-order valence-electron chi connectivity index (χ1n) is 8.88. The lowest BCUT2D eigenvalue weighted by atomic mass is 10.0. The third-order valence-corrected chi connectivity index (χ3v) is 4.21. The fourth-order valence-corrected chi connectivity index (χ4v) is 2.79. The maximum absolute atomic E-state index is 13.3. The highest BCUT2D eigenvalue weighted by molar-refractivity contribution is 5.97. The van der Waals surface area contributed by atoms with Crippen LogP contribution in [-0.2, 0) is 17.5 Å². The Kier molecular flexibility index (Phi) is 7.12. The Bertz CT molecular complexity index is 774. The quantitative estimate of drug-likeness (QED) is 0.704. The van der Waals surface area contributed by atoms with Crippen LogP contribution in [0, 0.1) is 11.7 Å². The number of aromatic nitrogens is 1. The Morgan fingerprint density at radius 3 is 2.25 bits per heavy atom. The topological polar surface area (TPSA) is 45.2 Å². The summed E-state index contributed by atoms with van der Waals surface area (Å²) in [6.45, 7) is 3.99. The highest BCUT2D eigenvalue weighted by Crippen LogP contribution is 2.28. The van der Waals surface area contributed by atoms with Gasteiger partial charge in [0, 0.05) is 11.9 Å². The van der Waals surface area contributed by atoms with Crippen molar-refractivity contribution < 1.29 is 22.4 Å². The second-order valence-corrected chi connectivity index (χ2v) is 6.92. The molecule has 0 aliphatic carbocycles. The molecule has 1 aromatic heterocycles. The molecule has 1 N–H and O–H groups in total. The van der Waals surface area contributed by atoms with E-state index in [-0.39, 0.29) is 18.4 Å². The largest absolute Gasteiger partial charge is 0.433 e. The molecular formula is C20H23F4N3O. The average Bonchev–Trinajstić information content (AvgIpc) is 2.64. The van der Waals surface area contributed by atoms with Crippen LogP contribution in [-0.4, -0.2) is 24.0 Å². The monoisotopic (exact) mass is 397 g/mol. The Morgan fingerprint density at radius 1 is 1.14 bits per heavy atom. The van der Waals surface area contributed by atoms with Gasteiger partial charge in [0.15, 0.2) is 0 Å². The van der Waals surface area contributed by atoms with Crippen LogP contribution < -0.4 is 10.2 Å². The first kappa shape index (κ1) is 21.8. The molecule has 2 rings (SSSR count). The summed E-state index contributed by atoms with van der Waals surface area (Å²) in [5, 5.41) is 2.98. The van der Waals surface area contributed by atoms with Gasteiger partial charge in [0.05, 0.1) is 12.6 Å². The van der Waals surface area contributed by atoms with Crippen molar-refractivity contribution in [3.63, 3.8) is 0 Å².